The zero-order valence-corrected chi connectivity index (χ0v) is 13.7. The maximum atomic E-state index is 11.7. The fourth-order valence-electron chi connectivity index (χ4n) is 1.96. The lowest BCUT2D eigenvalue weighted by molar-refractivity contribution is 0.248. The van der Waals surface area contributed by atoms with Gasteiger partial charge in [-0.25, -0.2) is 9.59 Å². The number of carbonyl (C=O) groups excluding carboxylic acids is 2. The SMILES string of the molecule is N#Cc1ccc(NC(=O)NCCNC(=O)Nc2ccc(C#N)cc2)cc1. The largest absolute Gasteiger partial charge is 0.336 e. The molecule has 0 heterocycles. The highest BCUT2D eigenvalue weighted by atomic mass is 16.2. The minimum atomic E-state index is -0.413. The van der Waals surface area contributed by atoms with Crippen LogP contribution in [0.1, 0.15) is 11.1 Å². The summed E-state index contributed by atoms with van der Waals surface area (Å²) in [5.41, 5.74) is 2.14. The Morgan fingerprint density at radius 1 is 0.692 bits per heavy atom. The molecule has 0 aromatic heterocycles. The van der Waals surface area contributed by atoms with Crippen molar-refractivity contribution in [2.75, 3.05) is 23.7 Å². The van der Waals surface area contributed by atoms with Crippen molar-refractivity contribution in [3.8, 4) is 12.1 Å². The molecule has 0 aliphatic heterocycles. The highest BCUT2D eigenvalue weighted by Gasteiger charge is 2.03. The minimum absolute atomic E-state index is 0.239. The number of carbonyl (C=O) groups is 2. The first kappa shape index (κ1) is 18.3. The van der Waals surface area contributed by atoms with Gasteiger partial charge in [0.15, 0.2) is 0 Å². The molecule has 8 heteroatoms. The molecule has 4 N–H and O–H groups in total. The fraction of sp³-hybridized carbons (Fsp3) is 0.111. The molecule has 8 nitrogen and oxygen atoms in total. The molecule has 130 valence electrons. The Morgan fingerprint density at radius 3 is 1.35 bits per heavy atom. The van der Waals surface area contributed by atoms with E-state index in [4.69, 9.17) is 10.5 Å². The molecule has 2 aromatic rings. The Kier molecular flexibility index (Phi) is 6.55. The van der Waals surface area contributed by atoms with Crippen LogP contribution in [0.15, 0.2) is 48.5 Å². The van der Waals surface area contributed by atoms with Crippen molar-refractivity contribution in [1.29, 1.82) is 10.5 Å². The van der Waals surface area contributed by atoms with Crippen molar-refractivity contribution in [2.45, 2.75) is 0 Å². The third-order valence-corrected chi connectivity index (χ3v) is 3.24. The lowest BCUT2D eigenvalue weighted by Gasteiger charge is -2.09. The number of amides is 4. The van der Waals surface area contributed by atoms with E-state index >= 15 is 0 Å². The van der Waals surface area contributed by atoms with E-state index in [0.717, 1.165) is 0 Å². The summed E-state index contributed by atoms with van der Waals surface area (Å²) in [4.78, 5) is 23.4. The summed E-state index contributed by atoms with van der Waals surface area (Å²) in [7, 11) is 0. The lowest BCUT2D eigenvalue weighted by Crippen LogP contribution is -2.38. The van der Waals surface area contributed by atoms with Gasteiger partial charge in [0.1, 0.15) is 0 Å². The van der Waals surface area contributed by atoms with Gasteiger partial charge in [0.05, 0.1) is 23.3 Å². The molecule has 0 saturated carbocycles. The average Bonchev–Trinajstić information content (AvgIpc) is 2.66. The lowest BCUT2D eigenvalue weighted by atomic mass is 10.2. The van der Waals surface area contributed by atoms with Crippen LogP contribution in [0.3, 0.4) is 0 Å². The van der Waals surface area contributed by atoms with Gasteiger partial charge in [-0.3, -0.25) is 0 Å². The molecule has 4 amide bonds. The third-order valence-electron chi connectivity index (χ3n) is 3.24. The van der Waals surface area contributed by atoms with Crippen molar-refractivity contribution < 1.29 is 9.59 Å². The molecule has 26 heavy (non-hydrogen) atoms. The van der Waals surface area contributed by atoms with Crippen molar-refractivity contribution in [3.05, 3.63) is 59.7 Å². The predicted octanol–water partition coefficient (Wildman–Crippen LogP) is 2.37. The van der Waals surface area contributed by atoms with Crippen LogP contribution in [-0.4, -0.2) is 25.2 Å². The molecule has 0 atom stereocenters. The van der Waals surface area contributed by atoms with Gasteiger partial charge in [0.2, 0.25) is 0 Å². The predicted molar refractivity (Wildman–Crippen MR) is 96.4 cm³/mol. The van der Waals surface area contributed by atoms with Crippen molar-refractivity contribution in [1.82, 2.24) is 10.6 Å². The van der Waals surface area contributed by atoms with Gasteiger partial charge in [0.25, 0.3) is 0 Å². The highest BCUT2D eigenvalue weighted by Crippen LogP contribution is 2.09. The zero-order chi connectivity index (χ0) is 18.8. The molecule has 2 rings (SSSR count). The Hall–Kier alpha value is -4.04. The Balaban J connectivity index is 1.65. The number of anilines is 2. The molecule has 2 aromatic carbocycles. The van der Waals surface area contributed by atoms with Crippen LogP contribution in [0, 0.1) is 22.7 Å². The van der Waals surface area contributed by atoms with Gasteiger partial charge in [-0.1, -0.05) is 0 Å². The third kappa shape index (κ3) is 5.87. The number of nitrogens with one attached hydrogen (secondary N) is 4. The number of hydrogen-bond acceptors (Lipinski definition) is 4. The number of nitrogens with zero attached hydrogens (tertiary/aromatic N) is 2. The maximum Gasteiger partial charge on any atom is 0.319 e. The number of benzene rings is 2. The molecule has 0 saturated heterocycles. The number of rotatable bonds is 5. The van der Waals surface area contributed by atoms with Gasteiger partial charge >= 0.3 is 12.1 Å². The van der Waals surface area contributed by atoms with E-state index in [1.165, 1.54) is 0 Å². The second kappa shape index (κ2) is 9.30. The first-order valence-corrected chi connectivity index (χ1v) is 7.71. The molecular weight excluding hydrogens is 332 g/mol. The number of urea groups is 2. The van der Waals surface area contributed by atoms with E-state index in [1.54, 1.807) is 48.5 Å². The van der Waals surface area contributed by atoms with Gasteiger partial charge in [-0.15, -0.1) is 0 Å². The molecular formula is C18H16N6O2. The summed E-state index contributed by atoms with van der Waals surface area (Å²) in [5.74, 6) is 0. The molecule has 0 unspecified atom stereocenters. The number of hydrogen-bond donors (Lipinski definition) is 4. The van der Waals surface area contributed by atoms with E-state index in [9.17, 15) is 9.59 Å². The summed E-state index contributed by atoms with van der Waals surface area (Å²) in [5, 5.41) is 27.9. The van der Waals surface area contributed by atoms with Crippen LogP contribution in [0.5, 0.6) is 0 Å². The maximum absolute atomic E-state index is 11.7. The standard InChI is InChI=1S/C18H16N6O2/c19-11-13-1-5-15(6-2-13)23-17(25)21-9-10-22-18(26)24-16-7-3-14(12-20)4-8-16/h1-8H,9-10H2,(H2,21,23,25)(H2,22,24,26). The van der Waals surface area contributed by atoms with E-state index in [0.29, 0.717) is 22.5 Å². The smallest absolute Gasteiger partial charge is 0.319 e. The monoisotopic (exact) mass is 348 g/mol. The molecule has 0 fully saturated rings. The van der Waals surface area contributed by atoms with Crippen molar-refractivity contribution in [3.63, 3.8) is 0 Å². The zero-order valence-electron chi connectivity index (χ0n) is 13.7. The van der Waals surface area contributed by atoms with Gasteiger partial charge in [-0.05, 0) is 48.5 Å². The Labute approximate surface area is 150 Å². The molecule has 0 aliphatic rings. The van der Waals surface area contributed by atoms with Crippen LogP contribution >= 0.6 is 0 Å². The molecule has 0 aliphatic carbocycles. The van der Waals surface area contributed by atoms with Crippen molar-refractivity contribution in [2.24, 2.45) is 0 Å². The number of nitriles is 2. The van der Waals surface area contributed by atoms with Crippen LogP contribution in [0.25, 0.3) is 0 Å². The summed E-state index contributed by atoms with van der Waals surface area (Å²) >= 11 is 0. The van der Waals surface area contributed by atoms with Crippen LogP contribution in [0.4, 0.5) is 21.0 Å². The summed E-state index contributed by atoms with van der Waals surface area (Å²) < 4.78 is 0. The molecule has 0 bridgehead atoms. The quantitative estimate of drug-likeness (QED) is 0.618. The first-order chi connectivity index (χ1) is 12.6. The normalized spacial score (nSPS) is 9.31. The Morgan fingerprint density at radius 2 is 1.04 bits per heavy atom. The van der Waals surface area contributed by atoms with E-state index < -0.39 is 12.1 Å². The Bertz CT molecular complexity index is 774. The molecule has 0 radical (unpaired) electrons. The van der Waals surface area contributed by atoms with Crippen molar-refractivity contribution >= 4 is 23.4 Å². The van der Waals surface area contributed by atoms with Gasteiger partial charge in [0, 0.05) is 24.5 Å². The summed E-state index contributed by atoms with van der Waals surface area (Å²) in [6.07, 6.45) is 0. The fourth-order valence-corrected chi connectivity index (χ4v) is 1.96. The van der Waals surface area contributed by atoms with E-state index in [2.05, 4.69) is 21.3 Å². The van der Waals surface area contributed by atoms with Crippen LogP contribution in [-0.2, 0) is 0 Å². The average molecular weight is 348 g/mol. The molecule has 0 spiro atoms. The minimum Gasteiger partial charge on any atom is -0.336 e. The van der Waals surface area contributed by atoms with Gasteiger partial charge < -0.3 is 21.3 Å². The van der Waals surface area contributed by atoms with E-state index in [-0.39, 0.29) is 13.1 Å². The second-order valence-electron chi connectivity index (χ2n) is 5.14. The second-order valence-corrected chi connectivity index (χ2v) is 5.14. The van der Waals surface area contributed by atoms with Gasteiger partial charge in [-0.2, -0.15) is 10.5 Å². The highest BCUT2D eigenvalue weighted by molar-refractivity contribution is 5.90. The summed E-state index contributed by atoms with van der Waals surface area (Å²) in [6, 6.07) is 16.1. The van der Waals surface area contributed by atoms with E-state index in [1.807, 2.05) is 12.1 Å². The first-order valence-electron chi connectivity index (χ1n) is 7.71. The topological polar surface area (TPSA) is 130 Å². The van der Waals surface area contributed by atoms with Crippen LogP contribution < -0.4 is 21.3 Å². The van der Waals surface area contributed by atoms with Crippen LogP contribution in [0.2, 0.25) is 0 Å². The summed E-state index contributed by atoms with van der Waals surface area (Å²) in [6.45, 7) is 0.478.